The van der Waals surface area contributed by atoms with Gasteiger partial charge in [0.2, 0.25) is 0 Å². The van der Waals surface area contributed by atoms with Gasteiger partial charge < -0.3 is 14.6 Å². The van der Waals surface area contributed by atoms with Crippen LogP contribution in [0.15, 0.2) is 75.6 Å². The normalized spacial score (nSPS) is 11.6. The number of fused-ring (bicyclic) bond motifs is 1. The Kier molecular flexibility index (Phi) is 3.75. The molecule has 25 heavy (non-hydrogen) atoms. The first-order valence-electron chi connectivity index (χ1n) is 7.62. The van der Waals surface area contributed by atoms with Crippen LogP contribution in [0, 0.1) is 0 Å². The van der Waals surface area contributed by atoms with Crippen LogP contribution in [0.25, 0.3) is 17.1 Å². The first-order chi connectivity index (χ1) is 12.3. The van der Waals surface area contributed by atoms with Crippen LogP contribution in [-0.2, 0) is 6.61 Å². The highest BCUT2D eigenvalue weighted by molar-refractivity contribution is 5.71. The number of azo groups is 1. The van der Waals surface area contributed by atoms with E-state index in [1.165, 1.54) is 0 Å². The molecule has 7 nitrogen and oxygen atoms in total. The monoisotopic (exact) mass is 334 g/mol. The number of aromatic nitrogens is 2. The molecule has 0 radical (unpaired) electrons. The van der Waals surface area contributed by atoms with Crippen molar-refractivity contribution in [3.8, 4) is 17.2 Å². The van der Waals surface area contributed by atoms with Crippen molar-refractivity contribution >= 4 is 17.2 Å². The minimum Gasteiger partial charge on any atom is -0.506 e. The number of pyridine rings is 1. The van der Waals surface area contributed by atoms with Crippen LogP contribution >= 0.6 is 0 Å². The van der Waals surface area contributed by atoms with E-state index in [1.54, 1.807) is 65.4 Å². The maximum atomic E-state index is 9.85. The van der Waals surface area contributed by atoms with E-state index in [9.17, 15) is 10.2 Å². The summed E-state index contributed by atoms with van der Waals surface area (Å²) in [5, 5.41) is 27.6. The number of nitrogens with zero attached hydrogens (tertiary/aromatic N) is 4. The maximum absolute atomic E-state index is 9.85. The molecule has 4 aromatic rings. The molecule has 0 aliphatic carbocycles. The minimum absolute atomic E-state index is 0.0437. The van der Waals surface area contributed by atoms with Gasteiger partial charge in [0.25, 0.3) is 0 Å². The lowest BCUT2D eigenvalue weighted by Crippen LogP contribution is -1.88. The van der Waals surface area contributed by atoms with E-state index in [0.717, 1.165) is 5.56 Å². The Morgan fingerprint density at radius 2 is 1.96 bits per heavy atom. The third-order valence-electron chi connectivity index (χ3n) is 3.74. The molecule has 0 aliphatic heterocycles. The summed E-state index contributed by atoms with van der Waals surface area (Å²) in [7, 11) is 0. The van der Waals surface area contributed by atoms with E-state index in [0.29, 0.717) is 28.6 Å². The fourth-order valence-corrected chi connectivity index (χ4v) is 2.50. The summed E-state index contributed by atoms with van der Waals surface area (Å²) in [6.07, 6.45) is 3.32. The van der Waals surface area contributed by atoms with Crippen LogP contribution in [0.4, 0.5) is 11.5 Å². The summed E-state index contributed by atoms with van der Waals surface area (Å²) < 4.78 is 7.20. The molecule has 3 aromatic heterocycles. The molecule has 0 amide bonds. The second kappa shape index (κ2) is 6.21. The summed E-state index contributed by atoms with van der Waals surface area (Å²) in [6, 6.07) is 13.8. The van der Waals surface area contributed by atoms with E-state index in [-0.39, 0.29) is 12.4 Å². The molecule has 0 atom stereocenters. The third-order valence-corrected chi connectivity index (χ3v) is 3.74. The molecule has 1 aromatic carbocycles. The smallest absolute Gasteiger partial charge is 0.190 e. The molecule has 0 spiro atoms. The Bertz CT molecular complexity index is 1050. The van der Waals surface area contributed by atoms with Gasteiger partial charge in [0.15, 0.2) is 17.3 Å². The summed E-state index contributed by atoms with van der Waals surface area (Å²) in [6.45, 7) is -0.0752. The van der Waals surface area contributed by atoms with Crippen LogP contribution in [0.5, 0.6) is 5.75 Å². The number of aliphatic hydroxyl groups is 1. The first-order valence-corrected chi connectivity index (χ1v) is 7.62. The largest absolute Gasteiger partial charge is 0.506 e. The molecule has 0 saturated carbocycles. The maximum Gasteiger partial charge on any atom is 0.190 e. The zero-order valence-corrected chi connectivity index (χ0v) is 13.1. The Hall–Kier alpha value is -3.45. The number of imidazole rings is 1. The number of hydrogen-bond acceptors (Lipinski definition) is 6. The Morgan fingerprint density at radius 1 is 1.08 bits per heavy atom. The van der Waals surface area contributed by atoms with Gasteiger partial charge in [0.05, 0.1) is 12.9 Å². The van der Waals surface area contributed by atoms with Gasteiger partial charge in [-0.2, -0.15) is 0 Å². The molecule has 2 N–H and O–H groups in total. The summed E-state index contributed by atoms with van der Waals surface area (Å²) in [5.41, 5.74) is 2.24. The van der Waals surface area contributed by atoms with E-state index in [1.807, 2.05) is 0 Å². The highest BCUT2D eigenvalue weighted by atomic mass is 16.3. The van der Waals surface area contributed by atoms with Crippen molar-refractivity contribution in [2.24, 2.45) is 10.2 Å². The Morgan fingerprint density at radius 3 is 2.72 bits per heavy atom. The average Bonchev–Trinajstić information content (AvgIpc) is 3.28. The zero-order chi connectivity index (χ0) is 17.2. The van der Waals surface area contributed by atoms with Gasteiger partial charge in [-0.3, -0.25) is 4.40 Å². The van der Waals surface area contributed by atoms with Gasteiger partial charge in [-0.25, -0.2) is 4.98 Å². The van der Waals surface area contributed by atoms with Crippen molar-refractivity contribution in [3.63, 3.8) is 0 Å². The van der Waals surface area contributed by atoms with Gasteiger partial charge in [-0.15, -0.1) is 10.2 Å². The minimum atomic E-state index is -0.0752. The number of aliphatic hydroxyl groups excluding tert-OH is 1. The van der Waals surface area contributed by atoms with Gasteiger partial charge in [-0.05, 0) is 42.0 Å². The third kappa shape index (κ3) is 2.77. The van der Waals surface area contributed by atoms with Crippen molar-refractivity contribution in [1.82, 2.24) is 9.38 Å². The molecule has 0 bridgehead atoms. The van der Waals surface area contributed by atoms with Crippen molar-refractivity contribution in [2.45, 2.75) is 6.61 Å². The highest BCUT2D eigenvalue weighted by Crippen LogP contribution is 2.34. The lowest BCUT2D eigenvalue weighted by atomic mass is 10.3. The van der Waals surface area contributed by atoms with Gasteiger partial charge >= 0.3 is 0 Å². The predicted octanol–water partition coefficient (Wildman–Crippen LogP) is 4.21. The topological polar surface area (TPSA) is 95.6 Å². The van der Waals surface area contributed by atoms with Crippen LogP contribution in [0.2, 0.25) is 0 Å². The number of hydrogen-bond donors (Lipinski definition) is 2. The highest BCUT2D eigenvalue weighted by Gasteiger charge is 2.16. The fraction of sp³-hybridized carbons (Fsp3) is 0.0556. The average molecular weight is 334 g/mol. The van der Waals surface area contributed by atoms with E-state index in [4.69, 9.17) is 4.42 Å². The van der Waals surface area contributed by atoms with E-state index in [2.05, 4.69) is 15.2 Å². The number of para-hydroxylation sites is 1. The molecular formula is C18H14N4O3. The number of phenolic OH excluding ortho intramolecular Hbond substituents is 1. The molecule has 0 saturated heterocycles. The van der Waals surface area contributed by atoms with Crippen LogP contribution in [0.3, 0.4) is 0 Å². The second-order valence-electron chi connectivity index (χ2n) is 5.37. The fourth-order valence-electron chi connectivity index (χ4n) is 2.50. The molecule has 7 heteroatoms. The summed E-state index contributed by atoms with van der Waals surface area (Å²) in [4.78, 5) is 4.54. The number of phenols is 1. The van der Waals surface area contributed by atoms with Crippen molar-refractivity contribution in [2.75, 3.05) is 0 Å². The van der Waals surface area contributed by atoms with Crippen molar-refractivity contribution in [1.29, 1.82) is 0 Å². The number of benzene rings is 1. The quantitative estimate of drug-likeness (QED) is 0.546. The van der Waals surface area contributed by atoms with Crippen LogP contribution in [-0.4, -0.2) is 19.6 Å². The van der Waals surface area contributed by atoms with Crippen LogP contribution < -0.4 is 0 Å². The summed E-state index contributed by atoms with van der Waals surface area (Å²) >= 11 is 0. The first kappa shape index (κ1) is 15.1. The van der Waals surface area contributed by atoms with Gasteiger partial charge in [0.1, 0.15) is 17.1 Å². The van der Waals surface area contributed by atoms with Gasteiger partial charge in [-0.1, -0.05) is 12.1 Å². The molecule has 4 rings (SSSR count). The molecular weight excluding hydrogens is 320 g/mol. The van der Waals surface area contributed by atoms with Crippen LogP contribution in [0.1, 0.15) is 5.56 Å². The van der Waals surface area contributed by atoms with Crippen molar-refractivity contribution in [3.05, 3.63) is 66.6 Å². The molecule has 0 unspecified atom stereocenters. The Balaban J connectivity index is 1.88. The molecule has 3 heterocycles. The standard InChI is InChI=1S/C18H14N4O3/c23-11-12-7-8-22-16(10-12)19-17(15-6-3-9-25-15)18(22)21-20-13-4-1-2-5-14(13)24/h1-10,23-24H,11H2. The number of aromatic hydroxyl groups is 1. The number of rotatable bonds is 4. The SMILES string of the molecule is OCc1ccn2c(N=Nc3ccccc3O)c(-c3ccco3)nc2c1. The predicted molar refractivity (Wildman–Crippen MR) is 91.1 cm³/mol. The zero-order valence-electron chi connectivity index (χ0n) is 13.1. The lowest BCUT2D eigenvalue weighted by Gasteiger charge is -2.00. The van der Waals surface area contributed by atoms with Gasteiger partial charge in [0, 0.05) is 6.20 Å². The van der Waals surface area contributed by atoms with Crippen molar-refractivity contribution < 1.29 is 14.6 Å². The lowest BCUT2D eigenvalue weighted by molar-refractivity contribution is 0.282. The number of furan rings is 1. The molecule has 0 aliphatic rings. The van der Waals surface area contributed by atoms with E-state index >= 15 is 0 Å². The van der Waals surface area contributed by atoms with E-state index < -0.39 is 0 Å². The molecule has 0 fully saturated rings. The molecule has 124 valence electrons. The Labute approximate surface area is 142 Å². The summed E-state index contributed by atoms with van der Waals surface area (Å²) in [5.74, 6) is 1.07. The second-order valence-corrected chi connectivity index (χ2v) is 5.37.